The molecule has 0 saturated heterocycles. The van der Waals surface area contributed by atoms with Gasteiger partial charge in [-0.05, 0) is 49.1 Å². The van der Waals surface area contributed by atoms with Crippen LogP contribution in [0, 0.1) is 5.92 Å². The minimum absolute atomic E-state index is 0.166. The SMILES string of the molecule is CC(C)N(CC1CC1)CC(O)c1ccc(C(C)(C)C)cc1. The van der Waals surface area contributed by atoms with E-state index in [1.807, 2.05) is 0 Å². The van der Waals surface area contributed by atoms with Crippen molar-refractivity contribution in [2.75, 3.05) is 13.1 Å². The molecule has 0 amide bonds. The lowest BCUT2D eigenvalue weighted by Gasteiger charge is -2.29. The van der Waals surface area contributed by atoms with Crippen molar-refractivity contribution in [1.82, 2.24) is 4.90 Å². The normalized spacial score (nSPS) is 17.5. The molecule has 1 unspecified atom stereocenters. The predicted molar refractivity (Wildman–Crippen MR) is 89.5 cm³/mol. The fourth-order valence-corrected chi connectivity index (χ4v) is 2.66. The summed E-state index contributed by atoms with van der Waals surface area (Å²) in [6.45, 7) is 13.0. The molecule has 0 aromatic heterocycles. The van der Waals surface area contributed by atoms with Crippen LogP contribution in [-0.2, 0) is 5.41 Å². The van der Waals surface area contributed by atoms with E-state index < -0.39 is 0 Å². The van der Waals surface area contributed by atoms with Gasteiger partial charge >= 0.3 is 0 Å². The zero-order valence-electron chi connectivity index (χ0n) is 14.3. The molecule has 1 aromatic carbocycles. The van der Waals surface area contributed by atoms with E-state index in [4.69, 9.17) is 0 Å². The first-order valence-corrected chi connectivity index (χ1v) is 8.30. The number of nitrogens with zero attached hydrogens (tertiary/aromatic N) is 1. The highest BCUT2D eigenvalue weighted by Crippen LogP contribution is 2.31. The quantitative estimate of drug-likeness (QED) is 0.851. The van der Waals surface area contributed by atoms with Gasteiger partial charge in [0.05, 0.1) is 6.10 Å². The van der Waals surface area contributed by atoms with Gasteiger partial charge in [-0.2, -0.15) is 0 Å². The van der Waals surface area contributed by atoms with E-state index in [0.29, 0.717) is 6.04 Å². The van der Waals surface area contributed by atoms with Crippen LogP contribution >= 0.6 is 0 Å². The van der Waals surface area contributed by atoms with Gasteiger partial charge in [-0.3, -0.25) is 4.90 Å². The fourth-order valence-electron chi connectivity index (χ4n) is 2.66. The van der Waals surface area contributed by atoms with Gasteiger partial charge in [-0.25, -0.2) is 0 Å². The molecule has 0 aliphatic heterocycles. The molecule has 0 spiro atoms. The fraction of sp³-hybridized carbons (Fsp3) is 0.684. The Hall–Kier alpha value is -0.860. The van der Waals surface area contributed by atoms with Crippen LogP contribution in [0.25, 0.3) is 0 Å². The van der Waals surface area contributed by atoms with E-state index in [0.717, 1.165) is 24.6 Å². The largest absolute Gasteiger partial charge is 0.387 e. The summed E-state index contributed by atoms with van der Waals surface area (Å²) < 4.78 is 0. The summed E-state index contributed by atoms with van der Waals surface area (Å²) in [5, 5.41) is 10.5. The maximum absolute atomic E-state index is 10.5. The first-order chi connectivity index (χ1) is 9.77. The maximum Gasteiger partial charge on any atom is 0.0917 e. The van der Waals surface area contributed by atoms with E-state index in [1.165, 1.54) is 18.4 Å². The Bertz CT molecular complexity index is 440. The van der Waals surface area contributed by atoms with Gasteiger partial charge in [0.2, 0.25) is 0 Å². The summed E-state index contributed by atoms with van der Waals surface area (Å²) >= 11 is 0. The highest BCUT2D eigenvalue weighted by molar-refractivity contribution is 5.28. The van der Waals surface area contributed by atoms with E-state index in [1.54, 1.807) is 0 Å². The third kappa shape index (κ3) is 4.82. The monoisotopic (exact) mass is 289 g/mol. The van der Waals surface area contributed by atoms with Gasteiger partial charge in [-0.15, -0.1) is 0 Å². The van der Waals surface area contributed by atoms with Crippen molar-refractivity contribution in [2.45, 2.75) is 65.0 Å². The van der Waals surface area contributed by atoms with Gasteiger partial charge in [0.1, 0.15) is 0 Å². The van der Waals surface area contributed by atoms with Crippen molar-refractivity contribution in [3.8, 4) is 0 Å². The van der Waals surface area contributed by atoms with Crippen molar-refractivity contribution in [3.63, 3.8) is 0 Å². The molecular weight excluding hydrogens is 258 g/mol. The molecule has 2 nitrogen and oxygen atoms in total. The van der Waals surface area contributed by atoms with Gasteiger partial charge in [0.25, 0.3) is 0 Å². The van der Waals surface area contributed by atoms with Crippen LogP contribution in [0.2, 0.25) is 0 Å². The van der Waals surface area contributed by atoms with E-state index in [-0.39, 0.29) is 11.5 Å². The van der Waals surface area contributed by atoms with Crippen LogP contribution in [0.5, 0.6) is 0 Å². The van der Waals surface area contributed by atoms with Gasteiger partial charge in [-0.1, -0.05) is 45.0 Å². The number of benzene rings is 1. The number of rotatable bonds is 6. The van der Waals surface area contributed by atoms with E-state index >= 15 is 0 Å². The Morgan fingerprint density at radius 1 is 1.14 bits per heavy atom. The molecule has 1 N–H and O–H groups in total. The first-order valence-electron chi connectivity index (χ1n) is 8.30. The summed E-state index contributed by atoms with van der Waals surface area (Å²) in [7, 11) is 0. The third-order valence-electron chi connectivity index (χ3n) is 4.49. The number of hydrogen-bond acceptors (Lipinski definition) is 2. The van der Waals surface area contributed by atoms with Crippen LogP contribution in [0.3, 0.4) is 0 Å². The van der Waals surface area contributed by atoms with Crippen LogP contribution in [0.4, 0.5) is 0 Å². The Labute approximate surface area is 130 Å². The lowest BCUT2D eigenvalue weighted by molar-refractivity contribution is 0.0923. The number of aliphatic hydroxyl groups is 1. The zero-order chi connectivity index (χ0) is 15.6. The Morgan fingerprint density at radius 2 is 1.71 bits per heavy atom. The van der Waals surface area contributed by atoms with Gasteiger partial charge < -0.3 is 5.11 Å². The standard InChI is InChI=1S/C19H31NO/c1-14(2)20(12-15-6-7-15)13-18(21)16-8-10-17(11-9-16)19(3,4)5/h8-11,14-15,18,21H,6-7,12-13H2,1-5H3. The summed E-state index contributed by atoms with van der Waals surface area (Å²) in [4.78, 5) is 2.42. The lowest BCUT2D eigenvalue weighted by Crippen LogP contribution is -2.36. The topological polar surface area (TPSA) is 23.5 Å². The molecule has 118 valence electrons. The zero-order valence-corrected chi connectivity index (χ0v) is 14.3. The van der Waals surface area contributed by atoms with Crippen molar-refractivity contribution in [3.05, 3.63) is 35.4 Å². The summed E-state index contributed by atoms with van der Waals surface area (Å²) in [6.07, 6.45) is 2.33. The van der Waals surface area contributed by atoms with Crippen molar-refractivity contribution in [1.29, 1.82) is 0 Å². The molecule has 1 aliphatic carbocycles. The van der Waals surface area contributed by atoms with Crippen LogP contribution in [-0.4, -0.2) is 29.1 Å². The summed E-state index contributed by atoms with van der Waals surface area (Å²) in [6, 6.07) is 8.97. The lowest BCUT2D eigenvalue weighted by atomic mass is 9.86. The van der Waals surface area contributed by atoms with E-state index in [9.17, 15) is 5.11 Å². The summed E-state index contributed by atoms with van der Waals surface area (Å²) in [5.41, 5.74) is 2.51. The highest BCUT2D eigenvalue weighted by atomic mass is 16.3. The second-order valence-corrected chi connectivity index (χ2v) is 7.88. The molecule has 1 atom stereocenters. The van der Waals surface area contributed by atoms with Gasteiger partial charge in [0, 0.05) is 19.1 Å². The molecule has 1 fully saturated rings. The van der Waals surface area contributed by atoms with Crippen molar-refractivity contribution >= 4 is 0 Å². The van der Waals surface area contributed by atoms with Crippen LogP contribution in [0.1, 0.15) is 64.7 Å². The Kier molecular flexibility index (Phi) is 5.11. The molecule has 1 aromatic rings. The predicted octanol–water partition coefficient (Wildman–Crippen LogP) is 4.14. The molecule has 0 heterocycles. The van der Waals surface area contributed by atoms with Crippen molar-refractivity contribution in [2.24, 2.45) is 5.92 Å². The number of hydrogen-bond donors (Lipinski definition) is 1. The van der Waals surface area contributed by atoms with Crippen LogP contribution < -0.4 is 0 Å². The Balaban J connectivity index is 1.99. The minimum atomic E-state index is -0.389. The molecule has 0 radical (unpaired) electrons. The second kappa shape index (κ2) is 6.50. The van der Waals surface area contributed by atoms with Crippen molar-refractivity contribution < 1.29 is 5.11 Å². The second-order valence-electron chi connectivity index (χ2n) is 7.88. The number of aliphatic hydroxyl groups excluding tert-OH is 1. The Morgan fingerprint density at radius 3 is 2.14 bits per heavy atom. The third-order valence-corrected chi connectivity index (χ3v) is 4.49. The van der Waals surface area contributed by atoms with Gasteiger partial charge in [0.15, 0.2) is 0 Å². The highest BCUT2D eigenvalue weighted by Gasteiger charge is 2.26. The smallest absolute Gasteiger partial charge is 0.0917 e. The molecule has 2 rings (SSSR count). The molecule has 1 saturated carbocycles. The first kappa shape index (κ1) is 16.5. The summed E-state index contributed by atoms with van der Waals surface area (Å²) in [5.74, 6) is 0.864. The molecule has 0 bridgehead atoms. The molecule has 21 heavy (non-hydrogen) atoms. The van der Waals surface area contributed by atoms with E-state index in [2.05, 4.69) is 63.8 Å². The maximum atomic E-state index is 10.5. The molecule has 2 heteroatoms. The molecule has 1 aliphatic rings. The average Bonchev–Trinajstić information content (AvgIpc) is 3.21. The average molecular weight is 289 g/mol. The van der Waals surface area contributed by atoms with Crippen LogP contribution in [0.15, 0.2) is 24.3 Å². The molecular formula is C19H31NO. The minimum Gasteiger partial charge on any atom is -0.387 e.